The maximum absolute atomic E-state index is 3.79. The molecule has 0 bridgehead atoms. The molecule has 0 unspecified atom stereocenters. The molecular formula is C6H10N4. The van der Waals surface area contributed by atoms with E-state index in [2.05, 4.69) is 22.1 Å². The highest BCUT2D eigenvalue weighted by Crippen LogP contribution is 2.04. The number of tetrazole rings is 1. The number of hydrogen-bond donors (Lipinski definition) is 0. The Morgan fingerprint density at radius 1 is 1.70 bits per heavy atom. The largest absolute Gasteiger partial charge is 0.226 e. The van der Waals surface area contributed by atoms with Gasteiger partial charge in [0.15, 0.2) is 5.82 Å². The Hall–Kier alpha value is -1.19. The van der Waals surface area contributed by atoms with E-state index in [1.54, 1.807) is 4.68 Å². The van der Waals surface area contributed by atoms with Crippen molar-refractivity contribution in [3.63, 3.8) is 0 Å². The molecule has 54 valence electrons. The van der Waals surface area contributed by atoms with Gasteiger partial charge in [0.2, 0.25) is 0 Å². The summed E-state index contributed by atoms with van der Waals surface area (Å²) < 4.78 is 1.71. The van der Waals surface area contributed by atoms with Crippen molar-refractivity contribution in [3.05, 3.63) is 12.4 Å². The highest BCUT2D eigenvalue weighted by atomic mass is 15.5. The Kier molecular flexibility index (Phi) is 1.80. The van der Waals surface area contributed by atoms with Crippen LogP contribution in [0, 0.1) is 0 Å². The first-order valence-corrected chi connectivity index (χ1v) is 3.17. The first-order valence-electron chi connectivity index (χ1n) is 3.17. The summed E-state index contributed by atoms with van der Waals surface area (Å²) in [6.07, 6.45) is 0. The van der Waals surface area contributed by atoms with Gasteiger partial charge in [-0.25, -0.2) is 4.68 Å². The molecule has 0 saturated heterocycles. The zero-order valence-corrected chi connectivity index (χ0v) is 6.20. The Balaban J connectivity index is 3.01. The van der Waals surface area contributed by atoms with Gasteiger partial charge in [-0.15, -0.1) is 5.10 Å². The molecule has 0 N–H and O–H groups in total. The van der Waals surface area contributed by atoms with Gasteiger partial charge >= 0.3 is 0 Å². The molecule has 0 saturated carbocycles. The third-order valence-electron chi connectivity index (χ3n) is 1.21. The van der Waals surface area contributed by atoms with Gasteiger partial charge in [0, 0.05) is 6.54 Å². The van der Waals surface area contributed by atoms with Crippen LogP contribution in [0.4, 0.5) is 0 Å². The highest BCUT2D eigenvalue weighted by Gasteiger charge is 2.02. The molecule has 0 radical (unpaired) electrons. The number of allylic oxidation sites excluding steroid dienone is 1. The molecule has 0 aliphatic carbocycles. The van der Waals surface area contributed by atoms with Crippen LogP contribution in [0.15, 0.2) is 6.58 Å². The lowest BCUT2D eigenvalue weighted by Crippen LogP contribution is -2.01. The monoisotopic (exact) mass is 138 g/mol. The van der Waals surface area contributed by atoms with Crippen LogP contribution in [0.25, 0.3) is 5.57 Å². The minimum atomic E-state index is 0.766. The average Bonchev–Trinajstić information content (AvgIpc) is 2.33. The molecule has 0 aliphatic heterocycles. The van der Waals surface area contributed by atoms with Crippen LogP contribution in [0.3, 0.4) is 0 Å². The summed E-state index contributed by atoms with van der Waals surface area (Å²) in [6, 6.07) is 0. The summed E-state index contributed by atoms with van der Waals surface area (Å²) in [4.78, 5) is 0. The molecule has 0 aliphatic rings. The molecule has 4 nitrogen and oxygen atoms in total. The molecule has 4 heteroatoms. The normalized spacial score (nSPS) is 9.80. The summed E-state index contributed by atoms with van der Waals surface area (Å²) in [5, 5.41) is 11.1. The molecule has 1 aromatic rings. The van der Waals surface area contributed by atoms with Crippen molar-refractivity contribution in [2.45, 2.75) is 20.4 Å². The predicted octanol–water partition coefficient (Wildman–Crippen LogP) is 0.726. The van der Waals surface area contributed by atoms with Gasteiger partial charge < -0.3 is 0 Å². The van der Waals surface area contributed by atoms with Crippen LogP contribution >= 0.6 is 0 Å². The maximum atomic E-state index is 3.79. The smallest absolute Gasteiger partial charge is 0.177 e. The SMILES string of the molecule is C=C(C)c1nnnn1CC. The van der Waals surface area contributed by atoms with Gasteiger partial charge in [0.05, 0.1) is 0 Å². The summed E-state index contributed by atoms with van der Waals surface area (Å²) in [7, 11) is 0. The fourth-order valence-electron chi connectivity index (χ4n) is 0.723. The van der Waals surface area contributed by atoms with Crippen molar-refractivity contribution >= 4 is 5.57 Å². The molecule has 1 heterocycles. The van der Waals surface area contributed by atoms with Crippen LogP contribution in [0.1, 0.15) is 19.7 Å². The second-order valence-corrected chi connectivity index (χ2v) is 2.10. The molecule has 1 aromatic heterocycles. The minimum Gasteiger partial charge on any atom is -0.226 e. The topological polar surface area (TPSA) is 43.6 Å². The lowest BCUT2D eigenvalue weighted by atomic mass is 10.3. The predicted molar refractivity (Wildman–Crippen MR) is 38.2 cm³/mol. The zero-order valence-electron chi connectivity index (χ0n) is 6.20. The van der Waals surface area contributed by atoms with E-state index in [9.17, 15) is 0 Å². The number of nitrogens with zero attached hydrogens (tertiary/aromatic N) is 4. The Morgan fingerprint density at radius 3 is 2.80 bits per heavy atom. The van der Waals surface area contributed by atoms with Gasteiger partial charge in [-0.3, -0.25) is 0 Å². The minimum absolute atomic E-state index is 0.766. The van der Waals surface area contributed by atoms with Crippen molar-refractivity contribution < 1.29 is 0 Å². The molecule has 0 amide bonds. The first kappa shape index (κ1) is 6.92. The van der Waals surface area contributed by atoms with Gasteiger partial charge in [0.1, 0.15) is 0 Å². The molecule has 1 rings (SSSR count). The van der Waals surface area contributed by atoms with Gasteiger partial charge in [-0.05, 0) is 29.8 Å². The van der Waals surface area contributed by atoms with Crippen LogP contribution in [0.5, 0.6) is 0 Å². The second kappa shape index (κ2) is 2.60. The van der Waals surface area contributed by atoms with Crippen LogP contribution < -0.4 is 0 Å². The van der Waals surface area contributed by atoms with Gasteiger partial charge in [-0.2, -0.15) is 0 Å². The average molecular weight is 138 g/mol. The van der Waals surface area contributed by atoms with Crippen molar-refractivity contribution in [3.8, 4) is 0 Å². The quantitative estimate of drug-likeness (QED) is 0.605. The van der Waals surface area contributed by atoms with E-state index < -0.39 is 0 Å². The number of hydrogen-bond acceptors (Lipinski definition) is 3. The van der Waals surface area contributed by atoms with Crippen molar-refractivity contribution in [2.24, 2.45) is 0 Å². The molecule has 0 atom stereocenters. The van der Waals surface area contributed by atoms with E-state index in [1.807, 2.05) is 13.8 Å². The first-order chi connectivity index (χ1) is 4.75. The number of rotatable bonds is 2. The fourth-order valence-corrected chi connectivity index (χ4v) is 0.723. The zero-order chi connectivity index (χ0) is 7.56. The third-order valence-corrected chi connectivity index (χ3v) is 1.21. The molecule has 10 heavy (non-hydrogen) atoms. The van der Waals surface area contributed by atoms with E-state index in [1.165, 1.54) is 0 Å². The third kappa shape index (κ3) is 1.05. The van der Waals surface area contributed by atoms with E-state index >= 15 is 0 Å². The fraction of sp³-hybridized carbons (Fsp3) is 0.500. The van der Waals surface area contributed by atoms with E-state index in [4.69, 9.17) is 0 Å². The molecule has 0 aromatic carbocycles. The molecule has 0 fully saturated rings. The summed E-state index contributed by atoms with van der Waals surface area (Å²) in [6.45, 7) is 8.41. The van der Waals surface area contributed by atoms with Crippen molar-refractivity contribution in [1.82, 2.24) is 20.2 Å². The van der Waals surface area contributed by atoms with E-state index in [0.717, 1.165) is 17.9 Å². The summed E-state index contributed by atoms with van der Waals surface area (Å²) in [5.74, 6) is 0.766. The molecule has 0 spiro atoms. The van der Waals surface area contributed by atoms with Crippen LogP contribution in [0.2, 0.25) is 0 Å². The van der Waals surface area contributed by atoms with Gasteiger partial charge in [-0.1, -0.05) is 6.58 Å². The van der Waals surface area contributed by atoms with E-state index in [0.29, 0.717) is 0 Å². The van der Waals surface area contributed by atoms with E-state index in [-0.39, 0.29) is 0 Å². The highest BCUT2D eigenvalue weighted by molar-refractivity contribution is 5.53. The Morgan fingerprint density at radius 2 is 2.40 bits per heavy atom. The molecular weight excluding hydrogens is 128 g/mol. The number of aromatic nitrogens is 4. The van der Waals surface area contributed by atoms with Crippen molar-refractivity contribution in [1.29, 1.82) is 0 Å². The van der Waals surface area contributed by atoms with Crippen LogP contribution in [-0.4, -0.2) is 20.2 Å². The lowest BCUT2D eigenvalue weighted by molar-refractivity contribution is 0.620. The second-order valence-electron chi connectivity index (χ2n) is 2.10. The lowest BCUT2D eigenvalue weighted by Gasteiger charge is -1.96. The Bertz CT molecular complexity index is 238. The maximum Gasteiger partial charge on any atom is 0.177 e. The van der Waals surface area contributed by atoms with Crippen molar-refractivity contribution in [2.75, 3.05) is 0 Å². The summed E-state index contributed by atoms with van der Waals surface area (Å²) >= 11 is 0. The number of aryl methyl sites for hydroxylation is 1. The Labute approximate surface area is 59.5 Å². The van der Waals surface area contributed by atoms with Crippen LogP contribution in [-0.2, 0) is 6.54 Å². The van der Waals surface area contributed by atoms with Gasteiger partial charge in [0.25, 0.3) is 0 Å². The standard InChI is InChI=1S/C6H10N4/c1-4-10-6(5(2)3)7-8-9-10/h2,4H2,1,3H3. The summed E-state index contributed by atoms with van der Waals surface area (Å²) in [5.41, 5.74) is 0.895.